The van der Waals surface area contributed by atoms with Crippen molar-refractivity contribution in [1.82, 2.24) is 10.2 Å². The van der Waals surface area contributed by atoms with Crippen LogP contribution in [-0.4, -0.2) is 56.3 Å². The second-order valence-corrected chi connectivity index (χ2v) is 8.25. The zero-order valence-corrected chi connectivity index (χ0v) is 18.5. The van der Waals surface area contributed by atoms with Crippen molar-refractivity contribution in [3.8, 4) is 11.5 Å². The van der Waals surface area contributed by atoms with Crippen LogP contribution in [-0.2, 0) is 11.3 Å². The molecule has 0 atom stereocenters. The van der Waals surface area contributed by atoms with Crippen LogP contribution >= 0.6 is 11.6 Å². The lowest BCUT2D eigenvalue weighted by Gasteiger charge is -2.40. The fourth-order valence-corrected chi connectivity index (χ4v) is 3.57. The Morgan fingerprint density at radius 3 is 2.60 bits per heavy atom. The standard InChI is InChI=1S/C23H29ClN2O4/c1-23(2,26-10-12-29-13-11-26)16-25-22(27)17-8-9-20(21(14-17)28-3)30-15-18-6-4-5-7-19(18)24/h4-9,14H,10-13,15-16H2,1-3H3,(H,25,27). The number of halogens is 1. The van der Waals surface area contributed by atoms with Crippen LogP contribution < -0.4 is 14.8 Å². The maximum atomic E-state index is 12.7. The summed E-state index contributed by atoms with van der Waals surface area (Å²) < 4.78 is 16.7. The molecule has 0 aliphatic carbocycles. The van der Waals surface area contributed by atoms with E-state index in [1.54, 1.807) is 25.3 Å². The summed E-state index contributed by atoms with van der Waals surface area (Å²) in [5.41, 5.74) is 1.25. The van der Waals surface area contributed by atoms with Crippen LogP contribution in [0.4, 0.5) is 0 Å². The van der Waals surface area contributed by atoms with Gasteiger partial charge in [-0.15, -0.1) is 0 Å². The highest BCUT2D eigenvalue weighted by molar-refractivity contribution is 6.31. The predicted octanol–water partition coefficient (Wildman–Crippen LogP) is 3.77. The maximum Gasteiger partial charge on any atom is 0.251 e. The van der Waals surface area contributed by atoms with Gasteiger partial charge in [0, 0.05) is 41.3 Å². The van der Waals surface area contributed by atoms with Gasteiger partial charge in [0.15, 0.2) is 11.5 Å². The molecule has 0 saturated carbocycles. The van der Waals surface area contributed by atoms with Crippen molar-refractivity contribution < 1.29 is 19.0 Å². The average Bonchev–Trinajstić information content (AvgIpc) is 2.77. The molecule has 6 nitrogen and oxygen atoms in total. The average molecular weight is 433 g/mol. The molecule has 30 heavy (non-hydrogen) atoms. The van der Waals surface area contributed by atoms with Crippen LogP contribution in [0, 0.1) is 0 Å². The molecule has 1 amide bonds. The molecule has 1 aliphatic heterocycles. The minimum Gasteiger partial charge on any atom is -0.493 e. The van der Waals surface area contributed by atoms with Gasteiger partial charge in [-0.3, -0.25) is 9.69 Å². The molecule has 1 N–H and O–H groups in total. The van der Waals surface area contributed by atoms with E-state index in [0.29, 0.717) is 35.2 Å². The summed E-state index contributed by atoms with van der Waals surface area (Å²) in [7, 11) is 1.56. The number of hydrogen-bond donors (Lipinski definition) is 1. The second kappa shape index (κ2) is 10.2. The number of nitrogens with zero attached hydrogens (tertiary/aromatic N) is 1. The first kappa shape index (κ1) is 22.4. The topological polar surface area (TPSA) is 60.0 Å². The van der Waals surface area contributed by atoms with Gasteiger partial charge in [0.05, 0.1) is 20.3 Å². The minimum atomic E-state index is -0.151. The molecule has 2 aromatic rings. The van der Waals surface area contributed by atoms with Gasteiger partial charge in [-0.2, -0.15) is 0 Å². The highest BCUT2D eigenvalue weighted by atomic mass is 35.5. The molecule has 7 heteroatoms. The number of carbonyl (C=O) groups excluding carboxylic acids is 1. The van der Waals surface area contributed by atoms with E-state index in [0.717, 1.165) is 31.9 Å². The summed E-state index contributed by atoms with van der Waals surface area (Å²) in [6, 6.07) is 12.7. The SMILES string of the molecule is COc1cc(C(=O)NCC(C)(C)N2CCOCC2)ccc1OCc1ccccc1Cl. The molecular formula is C23H29ClN2O4. The van der Waals surface area contributed by atoms with E-state index in [2.05, 4.69) is 24.1 Å². The van der Waals surface area contributed by atoms with Crippen molar-refractivity contribution in [2.75, 3.05) is 40.0 Å². The van der Waals surface area contributed by atoms with E-state index in [1.807, 2.05) is 24.3 Å². The zero-order chi connectivity index (χ0) is 21.6. The maximum absolute atomic E-state index is 12.7. The Morgan fingerprint density at radius 1 is 1.17 bits per heavy atom. The minimum absolute atomic E-state index is 0.146. The third-order valence-corrected chi connectivity index (χ3v) is 5.68. The van der Waals surface area contributed by atoms with Crippen LogP contribution in [0.25, 0.3) is 0 Å². The lowest BCUT2D eigenvalue weighted by Crippen LogP contribution is -2.55. The van der Waals surface area contributed by atoms with Crippen LogP contribution in [0.1, 0.15) is 29.8 Å². The molecule has 1 heterocycles. The molecule has 1 aliphatic rings. The Kier molecular flexibility index (Phi) is 7.58. The number of ether oxygens (including phenoxy) is 3. The lowest BCUT2D eigenvalue weighted by molar-refractivity contribution is -0.00923. The number of morpholine rings is 1. The van der Waals surface area contributed by atoms with Gasteiger partial charge in [-0.05, 0) is 38.1 Å². The number of amides is 1. The van der Waals surface area contributed by atoms with Crippen LogP contribution in [0.15, 0.2) is 42.5 Å². The van der Waals surface area contributed by atoms with E-state index >= 15 is 0 Å². The van der Waals surface area contributed by atoms with Gasteiger partial charge < -0.3 is 19.5 Å². The number of rotatable bonds is 8. The summed E-state index contributed by atoms with van der Waals surface area (Å²) in [6.07, 6.45) is 0. The smallest absolute Gasteiger partial charge is 0.251 e. The van der Waals surface area contributed by atoms with E-state index in [1.165, 1.54) is 0 Å². The monoisotopic (exact) mass is 432 g/mol. The number of benzene rings is 2. The Bertz CT molecular complexity index is 866. The second-order valence-electron chi connectivity index (χ2n) is 7.84. The Labute approximate surface area is 183 Å². The van der Waals surface area contributed by atoms with E-state index in [9.17, 15) is 4.79 Å². The lowest BCUT2D eigenvalue weighted by atomic mass is 10.0. The molecule has 1 saturated heterocycles. The molecule has 0 bridgehead atoms. The summed E-state index contributed by atoms with van der Waals surface area (Å²) >= 11 is 6.18. The van der Waals surface area contributed by atoms with Crippen molar-refractivity contribution in [3.05, 3.63) is 58.6 Å². The third kappa shape index (κ3) is 5.65. The summed E-state index contributed by atoms with van der Waals surface area (Å²) in [6.45, 7) is 8.31. The van der Waals surface area contributed by atoms with Gasteiger partial charge in [-0.25, -0.2) is 0 Å². The van der Waals surface area contributed by atoms with E-state index in [-0.39, 0.29) is 11.4 Å². The van der Waals surface area contributed by atoms with Crippen LogP contribution in [0.3, 0.4) is 0 Å². The van der Waals surface area contributed by atoms with Crippen LogP contribution in [0.5, 0.6) is 11.5 Å². The van der Waals surface area contributed by atoms with Gasteiger partial charge in [0.25, 0.3) is 5.91 Å². The number of carbonyl (C=O) groups is 1. The molecule has 1 fully saturated rings. The van der Waals surface area contributed by atoms with Crippen LogP contribution in [0.2, 0.25) is 5.02 Å². The zero-order valence-electron chi connectivity index (χ0n) is 17.7. The molecular weight excluding hydrogens is 404 g/mol. The van der Waals surface area contributed by atoms with Gasteiger partial charge in [0.2, 0.25) is 0 Å². The van der Waals surface area contributed by atoms with Crippen molar-refractivity contribution in [1.29, 1.82) is 0 Å². The van der Waals surface area contributed by atoms with E-state index < -0.39 is 0 Å². The first-order valence-electron chi connectivity index (χ1n) is 10.1. The highest BCUT2D eigenvalue weighted by Crippen LogP contribution is 2.29. The fraction of sp³-hybridized carbons (Fsp3) is 0.435. The van der Waals surface area contributed by atoms with Crippen molar-refractivity contribution in [2.45, 2.75) is 26.0 Å². The summed E-state index contributed by atoms with van der Waals surface area (Å²) in [5.74, 6) is 0.914. The van der Waals surface area contributed by atoms with Crippen molar-refractivity contribution in [3.63, 3.8) is 0 Å². The van der Waals surface area contributed by atoms with Gasteiger partial charge in [0.1, 0.15) is 6.61 Å². The predicted molar refractivity (Wildman–Crippen MR) is 118 cm³/mol. The number of hydrogen-bond acceptors (Lipinski definition) is 5. The number of methoxy groups -OCH3 is 1. The molecule has 3 rings (SSSR count). The van der Waals surface area contributed by atoms with E-state index in [4.69, 9.17) is 25.8 Å². The Hall–Kier alpha value is -2.28. The largest absolute Gasteiger partial charge is 0.493 e. The van der Waals surface area contributed by atoms with Crippen molar-refractivity contribution in [2.24, 2.45) is 0 Å². The highest BCUT2D eigenvalue weighted by Gasteiger charge is 2.28. The summed E-state index contributed by atoms with van der Waals surface area (Å²) in [5, 5.41) is 3.69. The molecule has 0 spiro atoms. The molecule has 0 radical (unpaired) electrons. The fourth-order valence-electron chi connectivity index (χ4n) is 3.38. The molecule has 162 valence electrons. The molecule has 2 aromatic carbocycles. The van der Waals surface area contributed by atoms with Gasteiger partial charge in [-0.1, -0.05) is 29.8 Å². The molecule has 0 aromatic heterocycles. The quantitative estimate of drug-likeness (QED) is 0.688. The first-order valence-corrected chi connectivity index (χ1v) is 10.4. The number of nitrogens with one attached hydrogen (secondary N) is 1. The van der Waals surface area contributed by atoms with Gasteiger partial charge >= 0.3 is 0 Å². The Balaban J connectivity index is 1.62. The van der Waals surface area contributed by atoms with Crippen molar-refractivity contribution >= 4 is 17.5 Å². The summed E-state index contributed by atoms with van der Waals surface area (Å²) in [4.78, 5) is 15.0. The Morgan fingerprint density at radius 2 is 1.90 bits per heavy atom. The molecule has 0 unspecified atom stereocenters. The third-order valence-electron chi connectivity index (χ3n) is 5.32. The normalized spacial score (nSPS) is 14.9. The first-order chi connectivity index (χ1) is 14.4.